The Bertz CT molecular complexity index is 497. The first-order chi connectivity index (χ1) is 10.1. The van der Waals surface area contributed by atoms with Gasteiger partial charge in [-0.3, -0.25) is 14.9 Å². The highest BCUT2D eigenvalue weighted by Gasteiger charge is 2.22. The zero-order valence-electron chi connectivity index (χ0n) is 13.0. The summed E-state index contributed by atoms with van der Waals surface area (Å²) in [5, 5.41) is 8.46. The molecule has 8 heteroatoms. The van der Waals surface area contributed by atoms with Crippen LogP contribution >= 0.6 is 12.4 Å². The maximum atomic E-state index is 11.9. The Morgan fingerprint density at radius 1 is 1.50 bits per heavy atom. The average Bonchev–Trinajstić information content (AvgIpc) is 3.08. The Kier molecular flexibility index (Phi) is 7.34. The van der Waals surface area contributed by atoms with Gasteiger partial charge in [0.1, 0.15) is 0 Å². The number of hydrogen-bond donors (Lipinski definition) is 3. The molecule has 22 heavy (non-hydrogen) atoms. The number of hydrogen-bond acceptors (Lipinski definition) is 4. The molecule has 2 rings (SSSR count). The molecule has 0 bridgehead atoms. The van der Waals surface area contributed by atoms with Gasteiger partial charge in [0.2, 0.25) is 17.8 Å². The average molecular weight is 330 g/mol. The van der Waals surface area contributed by atoms with Gasteiger partial charge in [0.25, 0.3) is 0 Å². The molecule has 3 N–H and O–H groups in total. The van der Waals surface area contributed by atoms with Crippen molar-refractivity contribution < 1.29 is 9.59 Å². The van der Waals surface area contributed by atoms with Crippen LogP contribution in [-0.4, -0.2) is 40.5 Å². The highest BCUT2D eigenvalue weighted by atomic mass is 35.5. The van der Waals surface area contributed by atoms with Crippen molar-refractivity contribution in [3.05, 3.63) is 12.4 Å². The first-order valence-electron chi connectivity index (χ1n) is 7.38. The molecule has 1 aromatic rings. The van der Waals surface area contributed by atoms with Crippen molar-refractivity contribution in [1.82, 2.24) is 20.2 Å². The normalized spacial score (nSPS) is 17.1. The number of carbonyl (C=O) groups excluding carboxylic acids is 2. The fraction of sp³-hybridized carbons (Fsp3) is 0.643. The van der Waals surface area contributed by atoms with Gasteiger partial charge >= 0.3 is 0 Å². The van der Waals surface area contributed by atoms with Crippen molar-refractivity contribution in [1.29, 1.82) is 0 Å². The summed E-state index contributed by atoms with van der Waals surface area (Å²) in [5.74, 6) is 0.593. The monoisotopic (exact) mass is 329 g/mol. The molecule has 1 atom stereocenters. The topological polar surface area (TPSA) is 88.1 Å². The molecule has 2 heterocycles. The van der Waals surface area contributed by atoms with Crippen molar-refractivity contribution in [2.45, 2.75) is 39.3 Å². The summed E-state index contributed by atoms with van der Waals surface area (Å²) in [4.78, 5) is 27.8. The second kappa shape index (κ2) is 8.75. The highest BCUT2D eigenvalue weighted by molar-refractivity contribution is 5.94. The van der Waals surface area contributed by atoms with Crippen LogP contribution in [0, 0.1) is 5.92 Å². The molecule has 1 unspecified atom stereocenters. The molecule has 7 nitrogen and oxygen atoms in total. The Morgan fingerprint density at radius 3 is 2.91 bits per heavy atom. The molecule has 0 aliphatic carbocycles. The summed E-state index contributed by atoms with van der Waals surface area (Å²) in [6, 6.07) is -0.166. The highest BCUT2D eigenvalue weighted by Crippen LogP contribution is 2.08. The van der Waals surface area contributed by atoms with Crippen LogP contribution < -0.4 is 16.0 Å². The first-order valence-corrected chi connectivity index (χ1v) is 7.38. The minimum atomic E-state index is -0.266. The van der Waals surface area contributed by atoms with E-state index in [1.807, 2.05) is 10.8 Å². The van der Waals surface area contributed by atoms with E-state index in [9.17, 15) is 9.59 Å². The van der Waals surface area contributed by atoms with E-state index >= 15 is 0 Å². The third kappa shape index (κ3) is 5.31. The predicted molar refractivity (Wildman–Crippen MR) is 87.0 cm³/mol. The summed E-state index contributed by atoms with van der Waals surface area (Å²) in [6.07, 6.45) is 5.30. The van der Waals surface area contributed by atoms with E-state index in [4.69, 9.17) is 0 Å². The van der Waals surface area contributed by atoms with Crippen LogP contribution in [0.3, 0.4) is 0 Å². The van der Waals surface area contributed by atoms with Crippen LogP contribution in [-0.2, 0) is 16.1 Å². The smallest absolute Gasteiger partial charge is 0.246 e. The predicted octanol–water partition coefficient (Wildman–Crippen LogP) is 0.768. The third-order valence-electron chi connectivity index (χ3n) is 3.33. The van der Waals surface area contributed by atoms with Gasteiger partial charge < -0.3 is 15.2 Å². The third-order valence-corrected chi connectivity index (χ3v) is 3.33. The lowest BCUT2D eigenvalue weighted by molar-refractivity contribution is -0.125. The molecule has 1 aliphatic heterocycles. The molecular formula is C14H24ClN5O2. The summed E-state index contributed by atoms with van der Waals surface area (Å²) in [5.41, 5.74) is 0. The summed E-state index contributed by atoms with van der Waals surface area (Å²) < 4.78 is 1.89. The van der Waals surface area contributed by atoms with Gasteiger partial charge in [-0.05, 0) is 25.3 Å². The fourth-order valence-electron chi connectivity index (χ4n) is 2.34. The molecule has 0 aromatic carbocycles. The quantitative estimate of drug-likeness (QED) is 0.719. The van der Waals surface area contributed by atoms with Crippen LogP contribution in [0.15, 0.2) is 12.4 Å². The maximum absolute atomic E-state index is 11.9. The lowest BCUT2D eigenvalue weighted by Crippen LogP contribution is -2.43. The van der Waals surface area contributed by atoms with Crippen molar-refractivity contribution in [3.8, 4) is 0 Å². The Morgan fingerprint density at radius 2 is 2.27 bits per heavy atom. The molecule has 1 saturated heterocycles. The van der Waals surface area contributed by atoms with Crippen LogP contribution in [0.1, 0.15) is 26.7 Å². The Labute approximate surface area is 136 Å². The van der Waals surface area contributed by atoms with Crippen molar-refractivity contribution in [2.75, 3.05) is 18.4 Å². The summed E-state index contributed by atoms with van der Waals surface area (Å²) in [6.45, 7) is 5.80. The van der Waals surface area contributed by atoms with E-state index in [0.717, 1.165) is 25.9 Å². The largest absolute Gasteiger partial charge is 0.346 e. The number of nitrogens with one attached hydrogen (secondary N) is 3. The van der Waals surface area contributed by atoms with Gasteiger partial charge in [-0.25, -0.2) is 4.98 Å². The molecule has 2 amide bonds. The Balaban J connectivity index is 0.00000242. The number of anilines is 1. The maximum Gasteiger partial charge on any atom is 0.246 e. The number of imidazole rings is 1. The Hall–Kier alpha value is -1.60. The number of aromatic nitrogens is 2. The molecule has 1 aromatic heterocycles. The molecule has 0 radical (unpaired) electrons. The van der Waals surface area contributed by atoms with Crippen LogP contribution in [0.5, 0.6) is 0 Å². The summed E-state index contributed by atoms with van der Waals surface area (Å²) in [7, 11) is 0. The van der Waals surface area contributed by atoms with Crippen molar-refractivity contribution >= 4 is 30.2 Å². The van der Waals surface area contributed by atoms with Gasteiger partial charge in [-0.2, -0.15) is 0 Å². The number of rotatable bonds is 6. The van der Waals surface area contributed by atoms with E-state index < -0.39 is 0 Å². The molecule has 0 spiro atoms. The fourth-order valence-corrected chi connectivity index (χ4v) is 2.34. The van der Waals surface area contributed by atoms with E-state index in [2.05, 4.69) is 34.8 Å². The molecule has 124 valence electrons. The van der Waals surface area contributed by atoms with E-state index in [1.165, 1.54) is 0 Å². The minimum Gasteiger partial charge on any atom is -0.346 e. The van der Waals surface area contributed by atoms with Crippen LogP contribution in [0.2, 0.25) is 0 Å². The van der Waals surface area contributed by atoms with Crippen molar-refractivity contribution in [3.63, 3.8) is 0 Å². The molecule has 1 aliphatic rings. The minimum absolute atomic E-state index is 0. The second-order valence-electron chi connectivity index (χ2n) is 5.71. The molecule has 0 saturated carbocycles. The summed E-state index contributed by atoms with van der Waals surface area (Å²) >= 11 is 0. The SMILES string of the molecule is CC(C)Cn1ccnc1NC(=O)CNC(=O)C1CCCN1.Cl. The van der Waals surface area contributed by atoms with Crippen LogP contribution in [0.25, 0.3) is 0 Å². The zero-order valence-corrected chi connectivity index (χ0v) is 13.8. The number of nitrogens with zero attached hydrogens (tertiary/aromatic N) is 2. The molecule has 1 fully saturated rings. The number of halogens is 1. The van der Waals surface area contributed by atoms with Gasteiger partial charge in [-0.15, -0.1) is 12.4 Å². The van der Waals surface area contributed by atoms with E-state index in [1.54, 1.807) is 6.20 Å². The van der Waals surface area contributed by atoms with Gasteiger partial charge in [0.15, 0.2) is 0 Å². The molecular weight excluding hydrogens is 306 g/mol. The second-order valence-corrected chi connectivity index (χ2v) is 5.71. The van der Waals surface area contributed by atoms with Crippen molar-refractivity contribution in [2.24, 2.45) is 5.92 Å². The number of carbonyl (C=O) groups is 2. The van der Waals surface area contributed by atoms with Gasteiger partial charge in [-0.1, -0.05) is 13.8 Å². The first kappa shape index (κ1) is 18.4. The van der Waals surface area contributed by atoms with Crippen LogP contribution in [0.4, 0.5) is 5.95 Å². The standard InChI is InChI=1S/C14H23N5O2.ClH/c1-10(2)9-19-7-6-16-14(19)18-12(20)8-17-13(21)11-4-3-5-15-11;/h6-7,10-11,15H,3-5,8-9H2,1-2H3,(H,17,21)(H,16,18,20);1H. The van der Waals surface area contributed by atoms with E-state index in [0.29, 0.717) is 11.9 Å². The number of amides is 2. The zero-order chi connectivity index (χ0) is 15.2. The lowest BCUT2D eigenvalue weighted by Gasteiger charge is -2.12. The van der Waals surface area contributed by atoms with Gasteiger partial charge in [0.05, 0.1) is 12.6 Å². The lowest BCUT2D eigenvalue weighted by atomic mass is 10.2. The van der Waals surface area contributed by atoms with Gasteiger partial charge in [0, 0.05) is 18.9 Å². The van der Waals surface area contributed by atoms with E-state index in [-0.39, 0.29) is 36.8 Å².